The molecule has 1 rings (SSSR count). The van der Waals surface area contributed by atoms with E-state index in [1.54, 1.807) is 0 Å². The average Bonchev–Trinajstić information content (AvgIpc) is 2.14. The first-order valence-corrected chi connectivity index (χ1v) is 4.96. The first-order valence-electron chi connectivity index (χ1n) is 4.96. The average molecular weight is 271 g/mol. The first kappa shape index (κ1) is 14.8. The van der Waals surface area contributed by atoms with E-state index in [0.29, 0.717) is 18.2 Å². The monoisotopic (exact) mass is 271 g/mol. The molecule has 0 fully saturated rings. The van der Waals surface area contributed by atoms with Gasteiger partial charge in [0, 0.05) is 0 Å². The Bertz CT molecular complexity index is 424. The highest BCUT2D eigenvalue weighted by Gasteiger charge is 2.37. The summed E-state index contributed by atoms with van der Waals surface area (Å²) < 4.78 is 75.8. The third-order valence-electron chi connectivity index (χ3n) is 2.44. The van der Waals surface area contributed by atoms with Gasteiger partial charge in [-0.25, -0.2) is 13.2 Å². The molecule has 0 aliphatic carbocycles. The van der Waals surface area contributed by atoms with Crippen molar-refractivity contribution in [3.05, 3.63) is 35.1 Å². The number of hydrogen-bond acceptors (Lipinski definition) is 1. The summed E-state index contributed by atoms with van der Waals surface area (Å²) in [5, 5.41) is 0. The van der Waals surface area contributed by atoms with Gasteiger partial charge in [0.2, 0.25) is 0 Å². The van der Waals surface area contributed by atoms with E-state index < -0.39 is 41.5 Å². The van der Waals surface area contributed by atoms with Crippen LogP contribution in [0.2, 0.25) is 0 Å². The van der Waals surface area contributed by atoms with Gasteiger partial charge in [0.1, 0.15) is 5.82 Å². The molecule has 102 valence electrons. The molecule has 0 saturated heterocycles. The second-order valence-corrected chi connectivity index (χ2v) is 4.28. The van der Waals surface area contributed by atoms with E-state index in [1.165, 1.54) is 0 Å². The van der Waals surface area contributed by atoms with Crippen LogP contribution >= 0.6 is 0 Å². The standard InChI is InChI=1S/C11H11F6N/c1-10(18,9(13)14)5-6-4-7(12)2-3-8(6)11(15,16)17/h2-4,9H,5,18H2,1H3. The minimum absolute atomic E-state index is 0.520. The predicted molar refractivity (Wildman–Crippen MR) is 53.7 cm³/mol. The molecule has 0 aliphatic rings. The third kappa shape index (κ3) is 3.38. The lowest BCUT2D eigenvalue weighted by Gasteiger charge is -2.25. The summed E-state index contributed by atoms with van der Waals surface area (Å²) >= 11 is 0. The van der Waals surface area contributed by atoms with Crippen molar-refractivity contribution in [2.75, 3.05) is 0 Å². The first-order chi connectivity index (χ1) is 8.04. The maximum atomic E-state index is 12.9. The van der Waals surface area contributed by atoms with Crippen LogP contribution in [0.15, 0.2) is 18.2 Å². The van der Waals surface area contributed by atoms with Crippen LogP contribution in [0.5, 0.6) is 0 Å². The number of alkyl halides is 5. The fourth-order valence-corrected chi connectivity index (χ4v) is 1.47. The summed E-state index contributed by atoms with van der Waals surface area (Å²) in [6.45, 7) is 0.919. The van der Waals surface area contributed by atoms with Gasteiger partial charge in [0.15, 0.2) is 0 Å². The summed E-state index contributed by atoms with van der Waals surface area (Å²) in [7, 11) is 0. The van der Waals surface area contributed by atoms with Crippen LogP contribution in [0, 0.1) is 5.82 Å². The zero-order chi connectivity index (χ0) is 14.1. The molecule has 0 saturated carbocycles. The van der Waals surface area contributed by atoms with E-state index >= 15 is 0 Å². The molecule has 0 aromatic heterocycles. The SMILES string of the molecule is CC(N)(Cc1cc(F)ccc1C(F)(F)F)C(F)F. The van der Waals surface area contributed by atoms with Crippen molar-refractivity contribution in [2.24, 2.45) is 5.73 Å². The minimum atomic E-state index is -4.73. The molecule has 0 heterocycles. The Morgan fingerprint density at radius 1 is 1.22 bits per heavy atom. The summed E-state index contributed by atoms with van der Waals surface area (Å²) in [6, 6.07) is 1.73. The lowest BCUT2D eigenvalue weighted by Crippen LogP contribution is -2.46. The number of rotatable bonds is 3. The van der Waals surface area contributed by atoms with E-state index in [1.807, 2.05) is 0 Å². The van der Waals surface area contributed by atoms with E-state index in [4.69, 9.17) is 5.73 Å². The molecule has 1 nitrogen and oxygen atoms in total. The van der Waals surface area contributed by atoms with Gasteiger partial charge in [0.05, 0.1) is 11.1 Å². The summed E-state index contributed by atoms with van der Waals surface area (Å²) in [6.07, 6.45) is -8.51. The van der Waals surface area contributed by atoms with Gasteiger partial charge in [-0.1, -0.05) is 0 Å². The van der Waals surface area contributed by atoms with Crippen molar-refractivity contribution >= 4 is 0 Å². The van der Waals surface area contributed by atoms with Gasteiger partial charge in [-0.3, -0.25) is 0 Å². The lowest BCUT2D eigenvalue weighted by atomic mass is 9.91. The lowest BCUT2D eigenvalue weighted by molar-refractivity contribution is -0.138. The Balaban J connectivity index is 3.19. The molecule has 7 heteroatoms. The van der Waals surface area contributed by atoms with Crippen LogP contribution in [-0.4, -0.2) is 12.0 Å². The minimum Gasteiger partial charge on any atom is -0.320 e. The number of hydrogen-bond donors (Lipinski definition) is 1. The number of benzene rings is 1. The molecule has 1 unspecified atom stereocenters. The maximum absolute atomic E-state index is 12.9. The Labute approximate surface area is 99.6 Å². The smallest absolute Gasteiger partial charge is 0.320 e. The summed E-state index contributed by atoms with van der Waals surface area (Å²) in [5.74, 6) is -0.928. The van der Waals surface area contributed by atoms with E-state index in [0.717, 1.165) is 6.92 Å². The largest absolute Gasteiger partial charge is 0.416 e. The van der Waals surface area contributed by atoms with E-state index in [9.17, 15) is 26.3 Å². The highest BCUT2D eigenvalue weighted by atomic mass is 19.4. The Morgan fingerprint density at radius 2 is 1.78 bits per heavy atom. The Morgan fingerprint density at radius 3 is 2.22 bits per heavy atom. The van der Waals surface area contributed by atoms with Crippen molar-refractivity contribution in [3.63, 3.8) is 0 Å². The van der Waals surface area contributed by atoms with Gasteiger partial charge >= 0.3 is 6.18 Å². The van der Waals surface area contributed by atoms with E-state index in [-0.39, 0.29) is 0 Å². The zero-order valence-corrected chi connectivity index (χ0v) is 9.36. The van der Waals surface area contributed by atoms with Crippen molar-refractivity contribution < 1.29 is 26.3 Å². The summed E-state index contributed by atoms with van der Waals surface area (Å²) in [4.78, 5) is 0. The van der Waals surface area contributed by atoms with Crippen LogP contribution in [-0.2, 0) is 12.6 Å². The van der Waals surface area contributed by atoms with Crippen LogP contribution < -0.4 is 5.73 Å². The maximum Gasteiger partial charge on any atom is 0.416 e. The topological polar surface area (TPSA) is 26.0 Å². The molecule has 1 atom stereocenters. The van der Waals surface area contributed by atoms with Gasteiger partial charge in [-0.05, 0) is 37.1 Å². The molecule has 0 aliphatic heterocycles. The van der Waals surface area contributed by atoms with E-state index in [2.05, 4.69) is 0 Å². The fraction of sp³-hybridized carbons (Fsp3) is 0.455. The molecule has 0 bridgehead atoms. The molecular weight excluding hydrogens is 260 g/mol. The van der Waals surface area contributed by atoms with Gasteiger partial charge in [-0.2, -0.15) is 13.2 Å². The van der Waals surface area contributed by atoms with Crippen LogP contribution in [0.4, 0.5) is 26.3 Å². The highest BCUT2D eigenvalue weighted by molar-refractivity contribution is 5.32. The third-order valence-corrected chi connectivity index (χ3v) is 2.44. The second-order valence-electron chi connectivity index (χ2n) is 4.28. The molecule has 2 N–H and O–H groups in total. The van der Waals surface area contributed by atoms with Gasteiger partial charge in [0.25, 0.3) is 6.43 Å². The van der Waals surface area contributed by atoms with Gasteiger partial charge < -0.3 is 5.73 Å². The quantitative estimate of drug-likeness (QED) is 0.838. The van der Waals surface area contributed by atoms with Crippen LogP contribution in [0.3, 0.4) is 0 Å². The molecular formula is C11H11F6N. The fourth-order valence-electron chi connectivity index (χ4n) is 1.47. The summed E-state index contributed by atoms with van der Waals surface area (Å²) in [5.41, 5.74) is 1.34. The molecule has 1 aromatic carbocycles. The van der Waals surface area contributed by atoms with Crippen LogP contribution in [0.25, 0.3) is 0 Å². The number of halogens is 6. The van der Waals surface area contributed by atoms with Crippen molar-refractivity contribution in [2.45, 2.75) is 31.5 Å². The predicted octanol–water partition coefficient (Wildman–Crippen LogP) is 3.37. The van der Waals surface area contributed by atoms with Crippen molar-refractivity contribution in [1.82, 2.24) is 0 Å². The Kier molecular flexibility index (Phi) is 3.95. The normalized spacial score (nSPS) is 15.8. The molecule has 1 aromatic rings. The van der Waals surface area contributed by atoms with Crippen LogP contribution in [0.1, 0.15) is 18.1 Å². The second kappa shape index (κ2) is 4.79. The molecule has 0 spiro atoms. The molecule has 0 amide bonds. The van der Waals surface area contributed by atoms with Crippen molar-refractivity contribution in [3.8, 4) is 0 Å². The zero-order valence-electron chi connectivity index (χ0n) is 9.36. The highest BCUT2D eigenvalue weighted by Crippen LogP contribution is 2.34. The van der Waals surface area contributed by atoms with Crippen molar-refractivity contribution in [1.29, 1.82) is 0 Å². The Hall–Kier alpha value is -1.24. The molecule has 0 radical (unpaired) electrons. The number of nitrogens with two attached hydrogens (primary N) is 1. The molecule has 18 heavy (non-hydrogen) atoms. The van der Waals surface area contributed by atoms with Gasteiger partial charge in [-0.15, -0.1) is 0 Å².